The second-order valence-electron chi connectivity index (χ2n) is 10.6. The Bertz CT molecular complexity index is 1040. The second kappa shape index (κ2) is 12.2. The van der Waals surface area contributed by atoms with Crippen molar-refractivity contribution in [3.63, 3.8) is 0 Å². The fourth-order valence-corrected chi connectivity index (χ4v) is 5.97. The van der Waals surface area contributed by atoms with E-state index in [1.54, 1.807) is 23.1 Å². The summed E-state index contributed by atoms with van der Waals surface area (Å²) in [5, 5.41) is 3.23. The Morgan fingerprint density at radius 2 is 1.62 bits per heavy atom. The van der Waals surface area contributed by atoms with Crippen molar-refractivity contribution in [3.8, 4) is 0 Å². The van der Waals surface area contributed by atoms with Gasteiger partial charge in [-0.15, -0.1) is 0 Å². The molecule has 5 rings (SSSR count). The summed E-state index contributed by atoms with van der Waals surface area (Å²) >= 11 is 0. The highest BCUT2D eigenvalue weighted by molar-refractivity contribution is 5.96. The lowest BCUT2D eigenvalue weighted by Gasteiger charge is -2.36. The number of hydrogen-bond donors (Lipinski definition) is 1. The van der Waals surface area contributed by atoms with Crippen molar-refractivity contribution in [1.29, 1.82) is 0 Å². The van der Waals surface area contributed by atoms with Gasteiger partial charge < -0.3 is 19.4 Å². The minimum absolute atomic E-state index is 0.0764. The van der Waals surface area contributed by atoms with Crippen molar-refractivity contribution >= 4 is 11.8 Å². The molecule has 1 aromatic heterocycles. The van der Waals surface area contributed by atoms with Crippen LogP contribution < -0.4 is 5.32 Å². The fraction of sp³-hybridized carbons (Fsp3) is 0.586. The summed E-state index contributed by atoms with van der Waals surface area (Å²) in [4.78, 5) is 31.9. The molecule has 2 aromatic rings. The summed E-state index contributed by atoms with van der Waals surface area (Å²) in [6.45, 7) is 3.65. The molecule has 2 heterocycles. The lowest BCUT2D eigenvalue weighted by Crippen LogP contribution is -2.50. The number of carbonyl (C=O) groups excluding carboxylic acids is 2. The van der Waals surface area contributed by atoms with Crippen LogP contribution in [0.15, 0.2) is 40.8 Å². The van der Waals surface area contributed by atoms with Gasteiger partial charge in [0.15, 0.2) is 5.76 Å². The van der Waals surface area contributed by atoms with Gasteiger partial charge in [0.25, 0.3) is 5.91 Å². The number of rotatable bonds is 8. The zero-order valence-corrected chi connectivity index (χ0v) is 21.5. The van der Waals surface area contributed by atoms with Crippen LogP contribution in [0.2, 0.25) is 0 Å². The van der Waals surface area contributed by atoms with Gasteiger partial charge in [0.05, 0.1) is 19.8 Å². The smallest absolute Gasteiger partial charge is 0.290 e. The van der Waals surface area contributed by atoms with Gasteiger partial charge in [-0.05, 0) is 55.5 Å². The maximum Gasteiger partial charge on any atom is 0.290 e. The average molecular weight is 512 g/mol. The van der Waals surface area contributed by atoms with Crippen molar-refractivity contribution in [1.82, 2.24) is 15.1 Å². The van der Waals surface area contributed by atoms with E-state index in [-0.39, 0.29) is 35.5 Å². The molecule has 0 radical (unpaired) electrons. The average Bonchev–Trinajstić information content (AvgIpc) is 3.61. The molecule has 8 heteroatoms. The highest BCUT2D eigenvalue weighted by Gasteiger charge is 2.39. The Morgan fingerprint density at radius 3 is 2.32 bits per heavy atom. The molecule has 1 N–H and O–H groups in total. The van der Waals surface area contributed by atoms with E-state index in [9.17, 15) is 14.0 Å². The Kier molecular flexibility index (Phi) is 8.56. The standard InChI is InChI=1S/C29H38FN3O4/c30-22-12-10-21(11-13-22)27(28(34)31-23-6-2-1-3-7-23)33(24-8-4-5-9-24)29(35)26-15-14-25(37-26)20-32-16-18-36-19-17-32/h10-15,23-24,27H,1-9,16-20H2,(H,31,34)/t27-/m0/s1. The van der Waals surface area contributed by atoms with Crippen LogP contribution in [0.1, 0.15) is 85.7 Å². The van der Waals surface area contributed by atoms with Crippen molar-refractivity contribution in [3.05, 3.63) is 59.3 Å². The Balaban J connectivity index is 1.43. The fourth-order valence-electron chi connectivity index (χ4n) is 5.97. The van der Waals surface area contributed by atoms with E-state index < -0.39 is 6.04 Å². The van der Waals surface area contributed by atoms with Crippen LogP contribution in [0.5, 0.6) is 0 Å². The highest BCUT2D eigenvalue weighted by atomic mass is 19.1. The van der Waals surface area contributed by atoms with Gasteiger partial charge in [-0.1, -0.05) is 44.2 Å². The first-order chi connectivity index (χ1) is 18.1. The van der Waals surface area contributed by atoms with Gasteiger partial charge in [-0.3, -0.25) is 14.5 Å². The topological polar surface area (TPSA) is 75.0 Å². The third-order valence-electron chi connectivity index (χ3n) is 7.97. The Hall–Kier alpha value is -2.71. The second-order valence-corrected chi connectivity index (χ2v) is 10.6. The Morgan fingerprint density at radius 1 is 0.946 bits per heavy atom. The monoisotopic (exact) mass is 511 g/mol. The Labute approximate surface area is 218 Å². The SMILES string of the molecule is O=C(NC1CCCCC1)[C@H](c1ccc(F)cc1)N(C(=O)c1ccc(CN2CCOCC2)o1)C1CCCC1. The van der Waals surface area contributed by atoms with Gasteiger partial charge in [-0.2, -0.15) is 0 Å². The first-order valence-corrected chi connectivity index (χ1v) is 13.9. The third-order valence-corrected chi connectivity index (χ3v) is 7.97. The van der Waals surface area contributed by atoms with Crippen molar-refractivity contribution in [2.75, 3.05) is 26.3 Å². The molecular weight excluding hydrogens is 473 g/mol. The first kappa shape index (κ1) is 25.9. The maximum absolute atomic E-state index is 14.1. The number of nitrogens with one attached hydrogen (secondary N) is 1. The molecule has 0 unspecified atom stereocenters. The molecule has 1 saturated heterocycles. The van der Waals surface area contributed by atoms with E-state index in [2.05, 4.69) is 10.2 Å². The first-order valence-electron chi connectivity index (χ1n) is 13.9. The lowest BCUT2D eigenvalue weighted by molar-refractivity contribution is -0.127. The number of morpholine rings is 1. The normalized spacial score (nSPS) is 20.6. The predicted molar refractivity (Wildman–Crippen MR) is 137 cm³/mol. The van der Waals surface area contributed by atoms with Crippen LogP contribution >= 0.6 is 0 Å². The van der Waals surface area contributed by atoms with Gasteiger partial charge in [-0.25, -0.2) is 4.39 Å². The number of carbonyl (C=O) groups is 2. The van der Waals surface area contributed by atoms with Crippen molar-refractivity contribution in [2.45, 2.75) is 82.5 Å². The summed E-state index contributed by atoms with van der Waals surface area (Å²) < 4.78 is 25.3. The van der Waals surface area contributed by atoms with Crippen LogP contribution in [0, 0.1) is 5.82 Å². The van der Waals surface area contributed by atoms with Crippen molar-refractivity contribution in [2.24, 2.45) is 0 Å². The molecule has 0 bridgehead atoms. The molecule has 37 heavy (non-hydrogen) atoms. The molecule has 3 aliphatic rings. The number of amides is 2. The molecule has 7 nitrogen and oxygen atoms in total. The quantitative estimate of drug-likeness (QED) is 0.550. The number of halogens is 1. The lowest BCUT2D eigenvalue weighted by atomic mass is 9.94. The number of ether oxygens (including phenoxy) is 1. The summed E-state index contributed by atoms with van der Waals surface area (Å²) in [6.07, 6.45) is 8.95. The van der Waals surface area contributed by atoms with E-state index >= 15 is 0 Å². The highest BCUT2D eigenvalue weighted by Crippen LogP contribution is 2.34. The largest absolute Gasteiger partial charge is 0.455 e. The minimum Gasteiger partial charge on any atom is -0.455 e. The van der Waals surface area contributed by atoms with E-state index in [1.165, 1.54) is 18.6 Å². The molecular formula is C29H38FN3O4. The molecule has 1 aromatic carbocycles. The predicted octanol–water partition coefficient (Wildman–Crippen LogP) is 4.83. The number of hydrogen-bond acceptors (Lipinski definition) is 5. The summed E-state index contributed by atoms with van der Waals surface area (Å²) in [6, 6.07) is 8.74. The van der Waals surface area contributed by atoms with Gasteiger partial charge >= 0.3 is 0 Å². The summed E-state index contributed by atoms with van der Waals surface area (Å²) in [7, 11) is 0. The van der Waals surface area contributed by atoms with E-state index in [4.69, 9.17) is 9.15 Å². The van der Waals surface area contributed by atoms with E-state index in [0.717, 1.165) is 70.2 Å². The number of benzene rings is 1. The van der Waals surface area contributed by atoms with Crippen LogP contribution in [-0.2, 0) is 16.1 Å². The van der Waals surface area contributed by atoms with Crippen LogP contribution in [0.25, 0.3) is 0 Å². The zero-order chi connectivity index (χ0) is 25.6. The number of furan rings is 1. The summed E-state index contributed by atoms with van der Waals surface area (Å²) in [5.41, 5.74) is 0.620. The van der Waals surface area contributed by atoms with Crippen LogP contribution in [-0.4, -0.2) is 60.0 Å². The minimum atomic E-state index is -0.842. The molecule has 1 atom stereocenters. The molecule has 3 fully saturated rings. The molecule has 2 saturated carbocycles. The van der Waals surface area contributed by atoms with Gasteiger partial charge in [0.1, 0.15) is 17.6 Å². The molecule has 0 spiro atoms. The molecule has 200 valence electrons. The van der Waals surface area contributed by atoms with Crippen molar-refractivity contribution < 1.29 is 23.1 Å². The maximum atomic E-state index is 14.1. The molecule has 2 amide bonds. The third kappa shape index (κ3) is 6.41. The molecule has 1 aliphatic heterocycles. The van der Waals surface area contributed by atoms with Crippen LogP contribution in [0.3, 0.4) is 0 Å². The van der Waals surface area contributed by atoms with E-state index in [1.807, 2.05) is 6.07 Å². The van der Waals surface area contributed by atoms with Crippen LogP contribution in [0.4, 0.5) is 4.39 Å². The number of nitrogens with zero attached hydrogens (tertiary/aromatic N) is 2. The van der Waals surface area contributed by atoms with E-state index in [0.29, 0.717) is 25.3 Å². The van der Waals surface area contributed by atoms with Gasteiger partial charge in [0.2, 0.25) is 5.91 Å². The molecule has 2 aliphatic carbocycles. The van der Waals surface area contributed by atoms with Gasteiger partial charge in [0, 0.05) is 25.2 Å². The summed E-state index contributed by atoms with van der Waals surface area (Å²) in [5.74, 6) is 0.120. The zero-order valence-electron chi connectivity index (χ0n) is 21.5.